The Morgan fingerprint density at radius 1 is 1.07 bits per heavy atom. The van der Waals surface area contributed by atoms with Gasteiger partial charge in [0.2, 0.25) is 5.91 Å². The van der Waals surface area contributed by atoms with Gasteiger partial charge in [-0.15, -0.1) is 10.2 Å². The molecule has 1 aromatic carbocycles. The van der Waals surface area contributed by atoms with Crippen molar-refractivity contribution in [1.29, 1.82) is 0 Å². The molecule has 0 spiro atoms. The second-order valence-corrected chi connectivity index (χ2v) is 7.92. The molecule has 1 amide bonds. The van der Waals surface area contributed by atoms with Gasteiger partial charge in [0.1, 0.15) is 11.6 Å². The summed E-state index contributed by atoms with van der Waals surface area (Å²) in [4.78, 5) is 22.2. The first-order valence-corrected chi connectivity index (χ1v) is 10.9. The summed E-state index contributed by atoms with van der Waals surface area (Å²) in [5, 5.41) is 8.44. The lowest BCUT2D eigenvalue weighted by molar-refractivity contribution is -0.133. The molecule has 1 saturated heterocycles. The molecule has 0 bridgehead atoms. The molecule has 1 aliphatic heterocycles. The first-order chi connectivity index (χ1) is 14.6. The normalized spacial score (nSPS) is 15.6. The lowest BCUT2D eigenvalue weighted by Crippen LogP contribution is -2.50. The predicted octanol–water partition coefficient (Wildman–Crippen LogP) is 3.23. The third-order valence-electron chi connectivity index (χ3n) is 5.94. The van der Waals surface area contributed by atoms with Crippen LogP contribution in [0.5, 0.6) is 0 Å². The topological polar surface area (TPSA) is 66.6 Å². The summed E-state index contributed by atoms with van der Waals surface area (Å²) in [7, 11) is 0. The van der Waals surface area contributed by atoms with Crippen molar-refractivity contribution in [2.75, 3.05) is 31.1 Å². The molecule has 0 N–H and O–H groups in total. The molecule has 3 aromatic rings. The standard InChI is InChI=1S/C23H30N6O/c1-4-9-19-16-21(24-23-26-25-17(3)29(19)23)27-12-14-28(15-13-27)22(30)20(5-2)18-10-7-6-8-11-18/h6-8,10-11,16,20H,4-5,9,12-15H2,1-3H3. The van der Waals surface area contributed by atoms with E-state index in [1.165, 1.54) is 5.69 Å². The molecule has 30 heavy (non-hydrogen) atoms. The van der Waals surface area contributed by atoms with Gasteiger partial charge in [0.15, 0.2) is 0 Å². The summed E-state index contributed by atoms with van der Waals surface area (Å²) < 4.78 is 2.04. The zero-order valence-electron chi connectivity index (χ0n) is 18.1. The van der Waals surface area contributed by atoms with Crippen LogP contribution in [0.4, 0.5) is 5.82 Å². The first kappa shape index (κ1) is 20.3. The Labute approximate surface area is 177 Å². The van der Waals surface area contributed by atoms with Crippen LogP contribution in [0.25, 0.3) is 5.78 Å². The number of rotatable bonds is 6. The van der Waals surface area contributed by atoms with Crippen LogP contribution in [0.15, 0.2) is 36.4 Å². The van der Waals surface area contributed by atoms with E-state index in [-0.39, 0.29) is 11.8 Å². The summed E-state index contributed by atoms with van der Waals surface area (Å²) in [6.07, 6.45) is 2.82. The van der Waals surface area contributed by atoms with Crippen molar-refractivity contribution in [3.8, 4) is 0 Å². The quantitative estimate of drug-likeness (QED) is 0.629. The number of amides is 1. The van der Waals surface area contributed by atoms with E-state index in [0.717, 1.165) is 49.6 Å². The zero-order chi connectivity index (χ0) is 21.1. The fourth-order valence-corrected chi connectivity index (χ4v) is 4.32. The van der Waals surface area contributed by atoms with E-state index in [4.69, 9.17) is 4.98 Å². The Bertz CT molecular complexity index is 1010. The van der Waals surface area contributed by atoms with Crippen molar-refractivity contribution in [3.63, 3.8) is 0 Å². The van der Waals surface area contributed by atoms with Gasteiger partial charge in [-0.25, -0.2) is 0 Å². The summed E-state index contributed by atoms with van der Waals surface area (Å²) in [5.74, 6) is 2.62. The third kappa shape index (κ3) is 3.88. The highest BCUT2D eigenvalue weighted by Crippen LogP contribution is 2.24. The van der Waals surface area contributed by atoms with E-state index in [9.17, 15) is 4.79 Å². The van der Waals surface area contributed by atoms with Gasteiger partial charge in [0, 0.05) is 37.9 Å². The predicted molar refractivity (Wildman–Crippen MR) is 118 cm³/mol. The minimum absolute atomic E-state index is 0.0673. The molecule has 3 heterocycles. The maximum atomic E-state index is 13.2. The number of hydrogen-bond donors (Lipinski definition) is 0. The van der Waals surface area contributed by atoms with Gasteiger partial charge < -0.3 is 9.80 Å². The molecule has 0 saturated carbocycles. The highest BCUT2D eigenvalue weighted by atomic mass is 16.2. The number of hydrogen-bond acceptors (Lipinski definition) is 5. The van der Waals surface area contributed by atoms with Crippen LogP contribution in [0.1, 0.15) is 49.7 Å². The summed E-state index contributed by atoms with van der Waals surface area (Å²) in [6, 6.07) is 12.3. The van der Waals surface area contributed by atoms with Crippen LogP contribution >= 0.6 is 0 Å². The second-order valence-electron chi connectivity index (χ2n) is 7.92. The van der Waals surface area contributed by atoms with E-state index in [2.05, 4.69) is 47.1 Å². The molecule has 2 aromatic heterocycles. The molecular formula is C23H30N6O. The summed E-state index contributed by atoms with van der Waals surface area (Å²) >= 11 is 0. The van der Waals surface area contributed by atoms with Crippen molar-refractivity contribution in [2.45, 2.75) is 46.0 Å². The van der Waals surface area contributed by atoms with E-state index >= 15 is 0 Å². The fourth-order valence-electron chi connectivity index (χ4n) is 4.32. The lowest BCUT2D eigenvalue weighted by atomic mass is 9.95. The third-order valence-corrected chi connectivity index (χ3v) is 5.94. The molecule has 0 aliphatic carbocycles. The first-order valence-electron chi connectivity index (χ1n) is 10.9. The van der Waals surface area contributed by atoms with Gasteiger partial charge in [0.05, 0.1) is 5.92 Å². The lowest BCUT2D eigenvalue weighted by Gasteiger charge is -2.37. The second kappa shape index (κ2) is 8.81. The largest absolute Gasteiger partial charge is 0.353 e. The van der Waals surface area contributed by atoms with E-state index in [1.54, 1.807) is 0 Å². The molecule has 1 atom stereocenters. The molecule has 1 fully saturated rings. The number of benzene rings is 1. The van der Waals surface area contributed by atoms with Gasteiger partial charge in [-0.2, -0.15) is 4.98 Å². The van der Waals surface area contributed by atoms with Gasteiger partial charge in [0.25, 0.3) is 5.78 Å². The number of aromatic nitrogens is 4. The maximum absolute atomic E-state index is 13.2. The maximum Gasteiger partial charge on any atom is 0.257 e. The number of piperazine rings is 1. The molecule has 7 nitrogen and oxygen atoms in total. The van der Waals surface area contributed by atoms with E-state index in [1.807, 2.05) is 34.4 Å². The molecular weight excluding hydrogens is 376 g/mol. The Balaban J connectivity index is 1.48. The number of anilines is 1. The average molecular weight is 407 g/mol. The Hall–Kier alpha value is -2.96. The number of carbonyl (C=O) groups excluding carboxylic acids is 1. The van der Waals surface area contributed by atoms with Crippen LogP contribution in [0, 0.1) is 6.92 Å². The Morgan fingerprint density at radius 3 is 2.47 bits per heavy atom. The summed E-state index contributed by atoms with van der Waals surface area (Å²) in [6.45, 7) is 9.20. The molecule has 1 aliphatic rings. The van der Waals surface area contributed by atoms with Crippen LogP contribution in [0.2, 0.25) is 0 Å². The van der Waals surface area contributed by atoms with Crippen molar-refractivity contribution in [3.05, 3.63) is 53.5 Å². The zero-order valence-corrected chi connectivity index (χ0v) is 18.1. The molecule has 7 heteroatoms. The van der Waals surface area contributed by atoms with E-state index in [0.29, 0.717) is 18.9 Å². The molecule has 158 valence electrons. The SMILES string of the molecule is CCCc1cc(N2CCN(C(=O)C(CC)c3ccccc3)CC2)nc2nnc(C)n12. The van der Waals surface area contributed by atoms with E-state index < -0.39 is 0 Å². The van der Waals surface area contributed by atoms with Gasteiger partial charge in [-0.1, -0.05) is 50.6 Å². The Morgan fingerprint density at radius 2 is 1.80 bits per heavy atom. The minimum atomic E-state index is -0.0673. The fraction of sp³-hybridized carbons (Fsp3) is 0.478. The number of fused-ring (bicyclic) bond motifs is 1. The van der Waals surface area contributed by atoms with Crippen LogP contribution in [-0.2, 0) is 11.2 Å². The van der Waals surface area contributed by atoms with Gasteiger partial charge in [-0.3, -0.25) is 9.20 Å². The molecule has 1 unspecified atom stereocenters. The average Bonchev–Trinajstić information content (AvgIpc) is 3.16. The van der Waals surface area contributed by atoms with Gasteiger partial charge in [-0.05, 0) is 25.3 Å². The molecule has 4 rings (SSSR count). The number of carbonyl (C=O) groups is 1. The Kier molecular flexibility index (Phi) is 5.97. The monoisotopic (exact) mass is 406 g/mol. The number of aryl methyl sites for hydroxylation is 2. The van der Waals surface area contributed by atoms with Crippen molar-refractivity contribution < 1.29 is 4.79 Å². The van der Waals surface area contributed by atoms with Crippen LogP contribution < -0.4 is 4.90 Å². The molecule has 0 radical (unpaired) electrons. The van der Waals surface area contributed by atoms with Crippen molar-refractivity contribution in [2.24, 2.45) is 0 Å². The summed E-state index contributed by atoms with van der Waals surface area (Å²) in [5.41, 5.74) is 2.29. The van der Waals surface area contributed by atoms with Gasteiger partial charge >= 0.3 is 0 Å². The highest BCUT2D eigenvalue weighted by Gasteiger charge is 2.28. The van der Waals surface area contributed by atoms with Crippen LogP contribution in [-0.4, -0.2) is 56.6 Å². The smallest absolute Gasteiger partial charge is 0.257 e. The van der Waals surface area contributed by atoms with Crippen LogP contribution in [0.3, 0.4) is 0 Å². The van der Waals surface area contributed by atoms with Crippen molar-refractivity contribution >= 4 is 17.5 Å². The minimum Gasteiger partial charge on any atom is -0.353 e. The number of nitrogens with zero attached hydrogens (tertiary/aromatic N) is 6. The highest BCUT2D eigenvalue weighted by molar-refractivity contribution is 5.84. The van der Waals surface area contributed by atoms with Crippen molar-refractivity contribution in [1.82, 2.24) is 24.5 Å².